The minimum absolute atomic E-state index is 0.100. The van der Waals surface area contributed by atoms with Gasteiger partial charge in [-0.3, -0.25) is 4.79 Å². The highest BCUT2D eigenvalue weighted by Gasteiger charge is 2.45. The van der Waals surface area contributed by atoms with Gasteiger partial charge in [0.25, 0.3) is 5.91 Å². The van der Waals surface area contributed by atoms with Gasteiger partial charge in [-0.1, -0.05) is 12.1 Å². The highest BCUT2D eigenvalue weighted by atomic mass is 16.5. The van der Waals surface area contributed by atoms with E-state index in [1.54, 1.807) is 24.3 Å². The molecule has 1 unspecified atom stereocenters. The quantitative estimate of drug-likeness (QED) is 0.765. The molecular formula is C21H23N3O3. The Balaban J connectivity index is 1.65. The van der Waals surface area contributed by atoms with Crippen LogP contribution < -0.4 is 0 Å². The Bertz CT molecular complexity index is 907. The van der Waals surface area contributed by atoms with Crippen LogP contribution in [-0.2, 0) is 16.6 Å². The number of rotatable bonds is 2. The van der Waals surface area contributed by atoms with Crippen LogP contribution in [0.15, 0.2) is 30.5 Å². The third kappa shape index (κ3) is 2.99. The maximum absolute atomic E-state index is 13.2. The summed E-state index contributed by atoms with van der Waals surface area (Å²) in [5.41, 5.74) is 2.92. The zero-order chi connectivity index (χ0) is 19.0. The smallest absolute Gasteiger partial charge is 0.338 e. The summed E-state index contributed by atoms with van der Waals surface area (Å²) in [6.07, 6.45) is 5.83. The second-order valence-corrected chi connectivity index (χ2v) is 7.44. The third-order valence-corrected chi connectivity index (χ3v) is 5.79. The summed E-state index contributed by atoms with van der Waals surface area (Å²) < 4.78 is 4.84. The minimum Gasteiger partial charge on any atom is -0.465 e. The zero-order valence-electron chi connectivity index (χ0n) is 15.7. The van der Waals surface area contributed by atoms with Crippen LogP contribution in [-0.4, -0.2) is 46.9 Å². The molecule has 1 atom stereocenters. The molecule has 1 fully saturated rings. The topological polar surface area (TPSA) is 72.4 Å². The largest absolute Gasteiger partial charge is 0.465 e. The molecule has 1 aliphatic carbocycles. The maximum atomic E-state index is 13.2. The number of methoxy groups -OCH3 is 1. The van der Waals surface area contributed by atoms with E-state index in [2.05, 4.69) is 4.98 Å². The van der Waals surface area contributed by atoms with Gasteiger partial charge in [0.05, 0.1) is 23.9 Å². The third-order valence-electron chi connectivity index (χ3n) is 5.79. The predicted octanol–water partition coefficient (Wildman–Crippen LogP) is 2.69. The molecule has 140 valence electrons. The molecule has 0 saturated carbocycles. The lowest BCUT2D eigenvalue weighted by molar-refractivity contribution is 0.0572. The van der Waals surface area contributed by atoms with Crippen LogP contribution in [0, 0.1) is 6.92 Å². The lowest BCUT2D eigenvalue weighted by atomic mass is 9.77. The van der Waals surface area contributed by atoms with E-state index in [1.165, 1.54) is 12.7 Å². The van der Waals surface area contributed by atoms with E-state index < -0.39 is 5.97 Å². The fourth-order valence-corrected chi connectivity index (χ4v) is 4.46. The van der Waals surface area contributed by atoms with Gasteiger partial charge in [0, 0.05) is 24.7 Å². The average Bonchev–Trinajstić information content (AvgIpc) is 3.04. The van der Waals surface area contributed by atoms with Crippen molar-refractivity contribution in [1.82, 2.24) is 14.9 Å². The van der Waals surface area contributed by atoms with Crippen molar-refractivity contribution in [2.75, 3.05) is 20.2 Å². The Morgan fingerprint density at radius 3 is 2.74 bits per heavy atom. The number of esters is 1. The highest BCUT2D eigenvalue weighted by molar-refractivity contribution is 6.05. The van der Waals surface area contributed by atoms with Crippen molar-refractivity contribution in [3.05, 3.63) is 58.7 Å². The van der Waals surface area contributed by atoms with Crippen LogP contribution in [0.4, 0.5) is 0 Å². The van der Waals surface area contributed by atoms with Gasteiger partial charge in [-0.15, -0.1) is 0 Å². The average molecular weight is 365 g/mol. The molecule has 0 radical (unpaired) electrons. The lowest BCUT2D eigenvalue weighted by Gasteiger charge is -2.40. The number of aromatic nitrogens is 2. The molecule has 1 aliphatic heterocycles. The SMILES string of the molecule is COC(=O)c1ccccc1C(=O)N1CCCC2(CCc3cnc(C)nc32)C1. The molecule has 2 aliphatic rings. The molecule has 1 aromatic carbocycles. The van der Waals surface area contributed by atoms with Gasteiger partial charge < -0.3 is 9.64 Å². The van der Waals surface area contributed by atoms with Gasteiger partial charge in [0.1, 0.15) is 5.82 Å². The number of aryl methyl sites for hydroxylation is 2. The first-order valence-electron chi connectivity index (χ1n) is 9.34. The second-order valence-electron chi connectivity index (χ2n) is 7.44. The van der Waals surface area contributed by atoms with Crippen molar-refractivity contribution in [2.24, 2.45) is 0 Å². The fraction of sp³-hybridized carbons (Fsp3) is 0.429. The fourth-order valence-electron chi connectivity index (χ4n) is 4.46. The summed E-state index contributed by atoms with van der Waals surface area (Å²) in [7, 11) is 1.33. The van der Waals surface area contributed by atoms with Crippen LogP contribution in [0.5, 0.6) is 0 Å². The van der Waals surface area contributed by atoms with Crippen LogP contribution in [0.1, 0.15) is 57.1 Å². The molecule has 6 heteroatoms. The normalized spacial score (nSPS) is 21.2. The molecule has 4 rings (SSSR count). The molecule has 1 spiro atoms. The first-order valence-corrected chi connectivity index (χ1v) is 9.34. The highest BCUT2D eigenvalue weighted by Crippen LogP contribution is 2.44. The van der Waals surface area contributed by atoms with E-state index in [0.29, 0.717) is 24.2 Å². The van der Waals surface area contributed by atoms with E-state index >= 15 is 0 Å². The van der Waals surface area contributed by atoms with E-state index in [-0.39, 0.29) is 11.3 Å². The summed E-state index contributed by atoms with van der Waals surface area (Å²) in [6.45, 7) is 3.23. The number of hydrogen-bond donors (Lipinski definition) is 0. The summed E-state index contributed by atoms with van der Waals surface area (Å²) >= 11 is 0. The first-order chi connectivity index (χ1) is 13.0. The van der Waals surface area contributed by atoms with Crippen molar-refractivity contribution in [3.8, 4) is 0 Å². The Labute approximate surface area is 158 Å². The van der Waals surface area contributed by atoms with Gasteiger partial charge >= 0.3 is 5.97 Å². The Kier molecular flexibility index (Phi) is 4.42. The summed E-state index contributed by atoms with van der Waals surface area (Å²) in [5, 5.41) is 0. The number of likely N-dealkylation sites (tertiary alicyclic amines) is 1. The van der Waals surface area contributed by atoms with Gasteiger partial charge in [-0.05, 0) is 50.3 Å². The Morgan fingerprint density at radius 2 is 1.96 bits per heavy atom. The number of fused-ring (bicyclic) bond motifs is 2. The molecule has 1 aromatic heterocycles. The van der Waals surface area contributed by atoms with Gasteiger partial charge in [0.15, 0.2) is 0 Å². The Hall–Kier alpha value is -2.76. The van der Waals surface area contributed by atoms with Gasteiger partial charge in [-0.2, -0.15) is 0 Å². The number of carbonyl (C=O) groups excluding carboxylic acids is 2. The van der Waals surface area contributed by atoms with Crippen LogP contribution in [0.25, 0.3) is 0 Å². The molecule has 1 amide bonds. The van der Waals surface area contributed by atoms with Crippen LogP contribution in [0.2, 0.25) is 0 Å². The number of amides is 1. The minimum atomic E-state index is -0.486. The van der Waals surface area contributed by atoms with Crippen molar-refractivity contribution in [1.29, 1.82) is 0 Å². The van der Waals surface area contributed by atoms with Crippen molar-refractivity contribution < 1.29 is 14.3 Å². The lowest BCUT2D eigenvalue weighted by Crippen LogP contribution is -2.48. The summed E-state index contributed by atoms with van der Waals surface area (Å²) in [6, 6.07) is 6.86. The molecule has 27 heavy (non-hydrogen) atoms. The monoisotopic (exact) mass is 365 g/mol. The molecule has 6 nitrogen and oxygen atoms in total. The van der Waals surface area contributed by atoms with E-state index in [1.807, 2.05) is 18.0 Å². The number of ether oxygens (including phenoxy) is 1. The van der Waals surface area contributed by atoms with E-state index in [9.17, 15) is 9.59 Å². The molecule has 2 aromatic rings. The Morgan fingerprint density at radius 1 is 1.19 bits per heavy atom. The molecule has 2 heterocycles. The summed E-state index contributed by atoms with van der Waals surface area (Å²) in [5.74, 6) is 0.170. The molecular weight excluding hydrogens is 342 g/mol. The molecule has 1 saturated heterocycles. The van der Waals surface area contributed by atoms with Gasteiger partial charge in [-0.25, -0.2) is 14.8 Å². The van der Waals surface area contributed by atoms with Gasteiger partial charge in [0.2, 0.25) is 0 Å². The number of piperidine rings is 1. The van der Waals surface area contributed by atoms with Crippen molar-refractivity contribution in [2.45, 2.75) is 38.0 Å². The molecule has 0 N–H and O–H groups in total. The second kappa shape index (κ2) is 6.76. The number of nitrogens with zero attached hydrogens (tertiary/aromatic N) is 3. The maximum Gasteiger partial charge on any atom is 0.338 e. The van der Waals surface area contributed by atoms with Crippen molar-refractivity contribution in [3.63, 3.8) is 0 Å². The van der Waals surface area contributed by atoms with E-state index in [4.69, 9.17) is 9.72 Å². The van der Waals surface area contributed by atoms with Crippen LogP contribution in [0.3, 0.4) is 0 Å². The number of benzene rings is 1. The summed E-state index contributed by atoms with van der Waals surface area (Å²) in [4.78, 5) is 36.2. The number of hydrogen-bond acceptors (Lipinski definition) is 5. The standard InChI is InChI=1S/C21H23N3O3/c1-14-22-12-15-8-10-21(18(15)23-14)9-5-11-24(13-21)19(25)16-6-3-4-7-17(16)20(26)27-2/h3-4,6-7,12H,5,8-11,13H2,1-2H3. The number of carbonyl (C=O) groups is 2. The van der Waals surface area contributed by atoms with E-state index in [0.717, 1.165) is 37.2 Å². The first kappa shape index (κ1) is 17.6. The molecule has 0 bridgehead atoms. The van der Waals surface area contributed by atoms with Crippen LogP contribution >= 0.6 is 0 Å². The predicted molar refractivity (Wildman–Crippen MR) is 99.7 cm³/mol. The van der Waals surface area contributed by atoms with Crippen molar-refractivity contribution >= 4 is 11.9 Å². The zero-order valence-corrected chi connectivity index (χ0v) is 15.7.